The van der Waals surface area contributed by atoms with Crippen molar-refractivity contribution in [2.75, 3.05) is 0 Å². The number of benzene rings is 5. The van der Waals surface area contributed by atoms with E-state index in [1.165, 1.54) is 27.5 Å². The van der Waals surface area contributed by atoms with Crippen molar-refractivity contribution in [2.24, 2.45) is 16.8 Å². The molecule has 2 heterocycles. The summed E-state index contributed by atoms with van der Waals surface area (Å²) in [7, 11) is 0. The van der Waals surface area contributed by atoms with Gasteiger partial charge in [0.1, 0.15) is 0 Å². The molecule has 2 aromatic heterocycles. The van der Waals surface area contributed by atoms with Crippen LogP contribution >= 0.6 is 0 Å². The summed E-state index contributed by atoms with van der Waals surface area (Å²) in [6, 6.07) is 47.3. The predicted octanol–water partition coefficient (Wildman–Crippen LogP) is 13.4. The van der Waals surface area contributed by atoms with Crippen LogP contribution in [0.5, 0.6) is 0 Å². The van der Waals surface area contributed by atoms with Crippen molar-refractivity contribution in [3.8, 4) is 56.3 Å². The number of hydrogen-bond acceptors (Lipinski definition) is 4. The number of fused-ring (bicyclic) bond motifs is 2. The molecule has 2 aliphatic carbocycles. The third kappa shape index (κ3) is 7.50. The van der Waals surface area contributed by atoms with Crippen LogP contribution in [0.15, 0.2) is 199 Å². The minimum atomic E-state index is 0.0395. The Morgan fingerprint density at radius 2 is 1.26 bits per heavy atom. The van der Waals surface area contributed by atoms with E-state index in [0.29, 0.717) is 11.7 Å². The SMILES string of the molecule is C/C=C\C=NC(C)c1ccc(-c2cc(-c3ccc(-c4ccccn4)cc3)nc(-c3cc(C4=CC=CC5C=CC=CC45)cc(-c4cccc5ccccc45)c3)n2)cc1. The van der Waals surface area contributed by atoms with Crippen LogP contribution in [-0.2, 0) is 0 Å². The van der Waals surface area contributed by atoms with Gasteiger partial charge in [-0.3, -0.25) is 9.98 Å². The first-order valence-corrected chi connectivity index (χ1v) is 19.6. The fourth-order valence-electron chi connectivity index (χ4n) is 7.86. The van der Waals surface area contributed by atoms with E-state index in [2.05, 4.69) is 175 Å². The van der Waals surface area contributed by atoms with Gasteiger partial charge in [-0.25, -0.2) is 9.97 Å². The second-order valence-electron chi connectivity index (χ2n) is 14.6. The Hall–Kier alpha value is -7.04. The first-order chi connectivity index (χ1) is 28.1. The Labute approximate surface area is 334 Å². The molecular formula is C53H42N4. The second-order valence-corrected chi connectivity index (χ2v) is 14.6. The van der Waals surface area contributed by atoms with E-state index in [0.717, 1.165) is 50.5 Å². The van der Waals surface area contributed by atoms with Gasteiger partial charge in [-0.05, 0) is 94.9 Å². The highest BCUT2D eigenvalue weighted by Gasteiger charge is 2.25. The molecule has 2 aliphatic rings. The Morgan fingerprint density at radius 1 is 0.596 bits per heavy atom. The van der Waals surface area contributed by atoms with Gasteiger partial charge in [0.05, 0.1) is 23.1 Å². The molecule has 4 nitrogen and oxygen atoms in total. The lowest BCUT2D eigenvalue weighted by atomic mass is 9.76. The van der Waals surface area contributed by atoms with Gasteiger partial charge in [-0.2, -0.15) is 0 Å². The van der Waals surface area contributed by atoms with Gasteiger partial charge in [0.2, 0.25) is 0 Å². The van der Waals surface area contributed by atoms with Crippen molar-refractivity contribution in [1.82, 2.24) is 15.0 Å². The minimum absolute atomic E-state index is 0.0395. The normalized spacial score (nSPS) is 16.6. The number of nitrogens with zero attached hydrogens (tertiary/aromatic N) is 4. The molecule has 0 fully saturated rings. The second kappa shape index (κ2) is 16.0. The topological polar surface area (TPSA) is 51.0 Å². The summed E-state index contributed by atoms with van der Waals surface area (Å²) in [6.07, 6.45) is 23.3. The van der Waals surface area contributed by atoms with E-state index in [1.807, 2.05) is 49.7 Å². The molecule has 274 valence electrons. The number of aromatic nitrogens is 3. The quantitative estimate of drug-likeness (QED) is 0.139. The van der Waals surface area contributed by atoms with Gasteiger partial charge in [-0.15, -0.1) is 0 Å². The monoisotopic (exact) mass is 734 g/mol. The number of allylic oxidation sites excluding steroid dienone is 10. The molecule has 0 radical (unpaired) electrons. The van der Waals surface area contributed by atoms with Crippen LogP contribution in [0, 0.1) is 11.8 Å². The van der Waals surface area contributed by atoms with E-state index in [1.54, 1.807) is 0 Å². The molecule has 0 saturated heterocycles. The fraction of sp³-hybridized carbons (Fsp3) is 0.0943. The lowest BCUT2D eigenvalue weighted by Gasteiger charge is -2.28. The molecule has 7 aromatic rings. The average Bonchev–Trinajstić information content (AvgIpc) is 3.28. The van der Waals surface area contributed by atoms with E-state index in [-0.39, 0.29) is 12.0 Å². The van der Waals surface area contributed by atoms with Crippen molar-refractivity contribution in [2.45, 2.75) is 19.9 Å². The zero-order chi connectivity index (χ0) is 38.6. The maximum Gasteiger partial charge on any atom is 0.160 e. The lowest BCUT2D eigenvalue weighted by Crippen LogP contribution is -2.15. The van der Waals surface area contributed by atoms with Crippen molar-refractivity contribution in [1.29, 1.82) is 0 Å². The highest BCUT2D eigenvalue weighted by Crippen LogP contribution is 2.41. The number of pyridine rings is 1. The van der Waals surface area contributed by atoms with E-state index in [4.69, 9.17) is 9.97 Å². The molecule has 0 spiro atoms. The van der Waals surface area contributed by atoms with E-state index >= 15 is 0 Å². The van der Waals surface area contributed by atoms with Crippen LogP contribution < -0.4 is 0 Å². The van der Waals surface area contributed by atoms with Crippen LogP contribution in [0.3, 0.4) is 0 Å². The van der Waals surface area contributed by atoms with Crippen molar-refractivity contribution in [3.05, 3.63) is 205 Å². The molecule has 3 atom stereocenters. The van der Waals surface area contributed by atoms with Crippen LogP contribution in [-0.4, -0.2) is 21.2 Å². The van der Waals surface area contributed by atoms with Gasteiger partial charge in [-0.1, -0.05) is 146 Å². The third-order valence-electron chi connectivity index (χ3n) is 10.9. The molecule has 3 unspecified atom stereocenters. The van der Waals surface area contributed by atoms with Gasteiger partial charge in [0, 0.05) is 46.5 Å². The molecule has 0 bridgehead atoms. The Kier molecular flexibility index (Phi) is 9.99. The molecule has 0 aliphatic heterocycles. The van der Waals surface area contributed by atoms with Crippen molar-refractivity contribution in [3.63, 3.8) is 0 Å². The van der Waals surface area contributed by atoms with Crippen molar-refractivity contribution < 1.29 is 0 Å². The molecule has 57 heavy (non-hydrogen) atoms. The number of aliphatic imine (C=N–C) groups is 1. The summed E-state index contributed by atoms with van der Waals surface area (Å²) in [5.74, 6) is 1.24. The highest BCUT2D eigenvalue weighted by molar-refractivity contribution is 5.98. The summed E-state index contributed by atoms with van der Waals surface area (Å²) in [6.45, 7) is 4.11. The Bertz CT molecular complexity index is 2750. The number of hydrogen-bond donors (Lipinski definition) is 0. The maximum absolute atomic E-state index is 5.35. The number of rotatable bonds is 9. The van der Waals surface area contributed by atoms with Crippen LogP contribution in [0.25, 0.3) is 72.6 Å². The Morgan fingerprint density at radius 3 is 2.04 bits per heavy atom. The smallest absolute Gasteiger partial charge is 0.160 e. The molecule has 0 N–H and O–H groups in total. The molecule has 5 aromatic carbocycles. The van der Waals surface area contributed by atoms with Gasteiger partial charge in [0.15, 0.2) is 5.82 Å². The zero-order valence-corrected chi connectivity index (χ0v) is 32.1. The van der Waals surface area contributed by atoms with Gasteiger partial charge in [0.25, 0.3) is 0 Å². The zero-order valence-electron chi connectivity index (χ0n) is 32.1. The summed E-state index contributed by atoms with van der Waals surface area (Å²) in [5.41, 5.74) is 12.6. The Balaban J connectivity index is 1.21. The third-order valence-corrected chi connectivity index (χ3v) is 10.9. The summed E-state index contributed by atoms with van der Waals surface area (Å²) >= 11 is 0. The van der Waals surface area contributed by atoms with Crippen LogP contribution in [0.4, 0.5) is 0 Å². The van der Waals surface area contributed by atoms with Crippen LogP contribution in [0.2, 0.25) is 0 Å². The summed E-state index contributed by atoms with van der Waals surface area (Å²) in [5, 5.41) is 2.42. The standard InChI is InChI=1S/C53H42N4/c1-3-4-30-54-36(2)37-22-24-41(25-23-37)51-35-52(42-28-26-40(27-29-42)50-21-9-10-31-55-50)57-53(56-51)45-33-43(48-19-11-15-38-13-5-7-17-46(38)48)32-44(34-45)49-20-12-16-39-14-6-8-18-47(39)49/h3-36,38,46H,1-2H3/b4-3-,54-30?. The lowest BCUT2D eigenvalue weighted by molar-refractivity contribution is 0.678. The van der Waals surface area contributed by atoms with Crippen LogP contribution in [0.1, 0.15) is 31.0 Å². The highest BCUT2D eigenvalue weighted by atomic mass is 14.9. The van der Waals surface area contributed by atoms with Crippen molar-refractivity contribution >= 4 is 22.6 Å². The average molecular weight is 735 g/mol. The first-order valence-electron chi connectivity index (χ1n) is 19.6. The van der Waals surface area contributed by atoms with Gasteiger partial charge >= 0.3 is 0 Å². The summed E-state index contributed by atoms with van der Waals surface area (Å²) in [4.78, 5) is 19.9. The largest absolute Gasteiger partial charge is 0.285 e. The molecule has 9 rings (SSSR count). The first kappa shape index (κ1) is 35.6. The minimum Gasteiger partial charge on any atom is -0.285 e. The molecule has 4 heteroatoms. The van der Waals surface area contributed by atoms with E-state index in [9.17, 15) is 0 Å². The summed E-state index contributed by atoms with van der Waals surface area (Å²) < 4.78 is 0. The molecular weight excluding hydrogens is 693 g/mol. The van der Waals surface area contributed by atoms with Gasteiger partial charge < -0.3 is 0 Å². The fourth-order valence-corrected chi connectivity index (χ4v) is 7.86. The maximum atomic E-state index is 5.35. The molecule has 0 amide bonds. The molecule has 0 saturated carbocycles. The predicted molar refractivity (Wildman–Crippen MR) is 239 cm³/mol. The van der Waals surface area contributed by atoms with E-state index < -0.39 is 0 Å².